The standard InChI is InChI=1S/C11H19.Ho/c1-6-10(7-2)8-9-11(3,4)5;/h6-7H2,1-5H3;/q-1;. The zero-order valence-corrected chi connectivity index (χ0v) is 10.7. The summed E-state index contributed by atoms with van der Waals surface area (Å²) in [6, 6.07) is 0. The van der Waals surface area contributed by atoms with E-state index in [0.717, 1.165) is 12.8 Å². The van der Waals surface area contributed by atoms with Crippen LogP contribution in [0.3, 0.4) is 0 Å². The van der Waals surface area contributed by atoms with Crippen molar-refractivity contribution in [1.29, 1.82) is 0 Å². The summed E-state index contributed by atoms with van der Waals surface area (Å²) in [7, 11) is 0. The van der Waals surface area contributed by atoms with Gasteiger partial charge in [0.2, 0.25) is 0 Å². The molecule has 0 aromatic carbocycles. The van der Waals surface area contributed by atoms with Gasteiger partial charge in [0.15, 0.2) is 0 Å². The third-order valence-electron chi connectivity index (χ3n) is 1.47. The van der Waals surface area contributed by atoms with Crippen LogP contribution in [0, 0.1) is 60.9 Å². The zero-order chi connectivity index (χ0) is 8.91. The van der Waals surface area contributed by atoms with E-state index in [1.807, 2.05) is 0 Å². The largest absolute Gasteiger partial charge is 0.321 e. The van der Waals surface area contributed by atoms with Crippen molar-refractivity contribution in [2.45, 2.75) is 47.5 Å². The molecule has 0 nitrogen and oxygen atoms in total. The Labute approximate surface area is 108 Å². The first-order valence-corrected chi connectivity index (χ1v) is 4.37. The minimum absolute atomic E-state index is 0. The molecule has 0 N–H and O–H groups in total. The van der Waals surface area contributed by atoms with Crippen molar-refractivity contribution in [2.24, 2.45) is 5.41 Å². The normalized spacial score (nSPS) is 9.42. The first-order chi connectivity index (χ1) is 4.99. The monoisotopic (exact) mass is 316 g/mol. The minimum Gasteiger partial charge on any atom is -0.321 e. The van der Waals surface area contributed by atoms with E-state index in [1.165, 1.54) is 5.92 Å². The molecule has 0 heterocycles. The van der Waals surface area contributed by atoms with Gasteiger partial charge in [-0.2, -0.15) is 5.92 Å². The quantitative estimate of drug-likeness (QED) is 0.416. The molecule has 0 aliphatic rings. The molecule has 0 aromatic heterocycles. The predicted molar refractivity (Wildman–Crippen MR) is 51.1 cm³/mol. The van der Waals surface area contributed by atoms with Crippen LogP contribution in [0.4, 0.5) is 0 Å². The van der Waals surface area contributed by atoms with Gasteiger partial charge in [-0.05, 0) is 0 Å². The van der Waals surface area contributed by atoms with Crippen molar-refractivity contribution in [3.05, 3.63) is 5.92 Å². The van der Waals surface area contributed by atoms with Crippen molar-refractivity contribution < 1.29 is 37.7 Å². The van der Waals surface area contributed by atoms with Gasteiger partial charge in [-0.3, -0.25) is 5.92 Å². The Morgan fingerprint density at radius 2 is 1.50 bits per heavy atom. The second-order valence-electron chi connectivity index (χ2n) is 3.81. The van der Waals surface area contributed by atoms with E-state index in [2.05, 4.69) is 46.5 Å². The van der Waals surface area contributed by atoms with E-state index < -0.39 is 0 Å². The van der Waals surface area contributed by atoms with E-state index in [-0.39, 0.29) is 43.2 Å². The van der Waals surface area contributed by atoms with Gasteiger partial charge in [0.1, 0.15) is 0 Å². The fraction of sp³-hybridized carbons (Fsp3) is 0.727. The second-order valence-corrected chi connectivity index (χ2v) is 3.81. The van der Waals surface area contributed by atoms with Crippen molar-refractivity contribution in [2.75, 3.05) is 0 Å². The Balaban J connectivity index is 0. The van der Waals surface area contributed by atoms with Gasteiger partial charge in [0.05, 0.1) is 0 Å². The van der Waals surface area contributed by atoms with E-state index >= 15 is 0 Å². The van der Waals surface area contributed by atoms with Gasteiger partial charge in [-0.1, -0.05) is 52.9 Å². The van der Waals surface area contributed by atoms with E-state index in [1.54, 1.807) is 0 Å². The smallest absolute Gasteiger partial charge is 0 e. The molecule has 75 valence electrons. The fourth-order valence-electron chi connectivity index (χ4n) is 0.703. The van der Waals surface area contributed by atoms with Gasteiger partial charge >= 0.3 is 0 Å². The third kappa shape index (κ3) is 8.78. The average molecular weight is 316 g/mol. The average Bonchev–Trinajstić information content (AvgIpc) is 1.88. The third-order valence-corrected chi connectivity index (χ3v) is 1.47. The topological polar surface area (TPSA) is 0 Å². The van der Waals surface area contributed by atoms with E-state index in [4.69, 9.17) is 0 Å². The Bertz CT molecular complexity index is 150. The van der Waals surface area contributed by atoms with Crippen LogP contribution in [0.15, 0.2) is 0 Å². The molecule has 0 spiro atoms. The van der Waals surface area contributed by atoms with Crippen LogP contribution >= 0.6 is 0 Å². The summed E-state index contributed by atoms with van der Waals surface area (Å²) in [5.74, 6) is 7.82. The summed E-state index contributed by atoms with van der Waals surface area (Å²) in [6.45, 7) is 10.8. The Morgan fingerprint density at radius 3 is 1.75 bits per heavy atom. The number of rotatable bonds is 2. The molecule has 0 aromatic rings. The maximum Gasteiger partial charge on any atom is 0 e. The fourth-order valence-corrected chi connectivity index (χ4v) is 0.703. The molecule has 0 saturated carbocycles. The summed E-state index contributed by atoms with van der Waals surface area (Å²) in [6.07, 6.45) is 2.19. The second kappa shape index (κ2) is 7.13. The molecule has 12 heavy (non-hydrogen) atoms. The molecule has 0 saturated heterocycles. The molecular weight excluding hydrogens is 297 g/mol. The van der Waals surface area contributed by atoms with Crippen LogP contribution in [0.2, 0.25) is 0 Å². The predicted octanol–water partition coefficient (Wildman–Crippen LogP) is 3.43. The maximum absolute atomic E-state index is 3.24. The van der Waals surface area contributed by atoms with Crippen LogP contribution in [0.1, 0.15) is 47.5 Å². The molecule has 1 radical (unpaired) electrons. The molecular formula is C11H19Ho-. The van der Waals surface area contributed by atoms with E-state index in [9.17, 15) is 0 Å². The molecule has 0 unspecified atom stereocenters. The molecule has 1 heteroatoms. The van der Waals surface area contributed by atoms with Crippen molar-refractivity contribution in [3.63, 3.8) is 0 Å². The Hall–Kier alpha value is 0.690. The van der Waals surface area contributed by atoms with Crippen molar-refractivity contribution in [3.8, 4) is 11.8 Å². The molecule has 0 aliphatic heterocycles. The first-order valence-electron chi connectivity index (χ1n) is 4.37. The van der Waals surface area contributed by atoms with Crippen molar-refractivity contribution in [1.82, 2.24) is 0 Å². The van der Waals surface area contributed by atoms with Crippen LogP contribution < -0.4 is 0 Å². The van der Waals surface area contributed by atoms with Crippen LogP contribution in [0.25, 0.3) is 0 Å². The van der Waals surface area contributed by atoms with Gasteiger partial charge in [-0.25, -0.2) is 0 Å². The van der Waals surface area contributed by atoms with Crippen LogP contribution in [0.5, 0.6) is 0 Å². The summed E-state index contributed by atoms with van der Waals surface area (Å²) in [4.78, 5) is 0. The summed E-state index contributed by atoms with van der Waals surface area (Å²) in [5, 5.41) is 0. The summed E-state index contributed by atoms with van der Waals surface area (Å²) < 4.78 is 0. The number of hydrogen-bond donors (Lipinski definition) is 0. The summed E-state index contributed by atoms with van der Waals surface area (Å²) in [5.41, 5.74) is 0.148. The van der Waals surface area contributed by atoms with Crippen molar-refractivity contribution >= 4 is 0 Å². The van der Waals surface area contributed by atoms with Gasteiger partial charge in [0, 0.05) is 37.7 Å². The number of hydrogen-bond acceptors (Lipinski definition) is 0. The van der Waals surface area contributed by atoms with Crippen LogP contribution in [-0.4, -0.2) is 0 Å². The zero-order valence-electron chi connectivity index (χ0n) is 8.72. The SMILES string of the molecule is CC[C-](C#CC(C)(C)C)CC.[Ho]. The first kappa shape index (κ1) is 15.2. The van der Waals surface area contributed by atoms with Gasteiger partial charge < -0.3 is 5.92 Å². The minimum atomic E-state index is 0. The van der Waals surface area contributed by atoms with Crippen LogP contribution in [-0.2, 0) is 0 Å². The summed E-state index contributed by atoms with van der Waals surface area (Å²) >= 11 is 0. The molecule has 0 rings (SSSR count). The Kier molecular flexibility index (Phi) is 9.01. The molecule has 0 aliphatic carbocycles. The Morgan fingerprint density at radius 1 is 1.08 bits per heavy atom. The molecule has 0 atom stereocenters. The van der Waals surface area contributed by atoms with Gasteiger partial charge in [-0.15, -0.1) is 0 Å². The molecule has 0 bridgehead atoms. The van der Waals surface area contributed by atoms with Gasteiger partial charge in [0.25, 0.3) is 0 Å². The molecule has 0 fully saturated rings. The molecule has 0 amide bonds. The van der Waals surface area contributed by atoms with E-state index in [0.29, 0.717) is 0 Å². The maximum atomic E-state index is 3.24.